The summed E-state index contributed by atoms with van der Waals surface area (Å²) in [6.45, 7) is 4.39. The van der Waals surface area contributed by atoms with E-state index in [1.54, 1.807) is 31.2 Å². The first-order chi connectivity index (χ1) is 18.2. The van der Waals surface area contributed by atoms with Crippen molar-refractivity contribution < 1.29 is 19.1 Å². The second-order valence-corrected chi connectivity index (χ2v) is 11.8. The molecule has 4 rings (SSSR count). The molecular weight excluding hydrogens is 479 g/mol. The van der Waals surface area contributed by atoms with E-state index in [0.29, 0.717) is 36.3 Å². The highest BCUT2D eigenvalue weighted by atomic mass is 19.1. The van der Waals surface area contributed by atoms with Crippen molar-refractivity contribution in [2.75, 3.05) is 33.7 Å². The fourth-order valence-electron chi connectivity index (χ4n) is 6.82. The van der Waals surface area contributed by atoms with Gasteiger partial charge < -0.3 is 15.3 Å². The highest BCUT2D eigenvalue weighted by Crippen LogP contribution is 2.52. The summed E-state index contributed by atoms with van der Waals surface area (Å²) >= 11 is 0. The molecule has 1 saturated carbocycles. The van der Waals surface area contributed by atoms with Crippen LogP contribution in [0.25, 0.3) is 0 Å². The van der Waals surface area contributed by atoms with E-state index in [1.807, 2.05) is 6.07 Å². The number of hydrogen-bond donors (Lipinski definition) is 2. The first kappa shape index (κ1) is 28.4. The maximum absolute atomic E-state index is 14.6. The van der Waals surface area contributed by atoms with Gasteiger partial charge in [0.15, 0.2) is 5.78 Å². The normalized spacial score (nSPS) is 25.9. The van der Waals surface area contributed by atoms with Crippen molar-refractivity contribution in [2.24, 2.45) is 17.3 Å². The molecule has 0 spiro atoms. The number of halogens is 1. The van der Waals surface area contributed by atoms with Gasteiger partial charge in [0.1, 0.15) is 17.3 Å². The van der Waals surface area contributed by atoms with Gasteiger partial charge in [-0.2, -0.15) is 0 Å². The second-order valence-electron chi connectivity index (χ2n) is 11.8. The Morgan fingerprint density at radius 2 is 1.92 bits per heavy atom. The van der Waals surface area contributed by atoms with Crippen LogP contribution in [-0.2, 0) is 4.79 Å². The number of benzene rings is 2. The van der Waals surface area contributed by atoms with E-state index in [0.717, 1.165) is 57.2 Å². The molecule has 0 radical (unpaired) electrons. The Hall–Kier alpha value is -2.57. The van der Waals surface area contributed by atoms with Crippen molar-refractivity contribution in [2.45, 2.75) is 64.2 Å². The molecule has 1 unspecified atom stereocenters. The molecule has 4 atom stereocenters. The van der Waals surface area contributed by atoms with Crippen LogP contribution in [0.15, 0.2) is 42.5 Å². The summed E-state index contributed by atoms with van der Waals surface area (Å²) in [4.78, 5) is 30.5. The standard InChI is InChI=1S/C32H43FN2O3/c1-22-26(12-7-13-29(22)33)27-14-16-32(15-4-5-18-35(2)3,31(38)24-10-8-17-34-21-24)20-28(27)30(37)23-9-6-11-25(36)19-23/h6-7,9,11-13,19,24,27-28,34,36H,4-5,8,10,14-18,20-21H2,1-3H3/t24-,27+,28+,32?/m0/s1. The minimum absolute atomic E-state index is 0.0263. The lowest BCUT2D eigenvalue weighted by molar-refractivity contribution is -0.137. The zero-order chi connectivity index (χ0) is 27.3. The molecule has 1 aliphatic heterocycles. The van der Waals surface area contributed by atoms with Crippen molar-refractivity contribution in [3.05, 3.63) is 65.0 Å². The number of ketones is 2. The molecule has 6 heteroatoms. The Morgan fingerprint density at radius 3 is 2.63 bits per heavy atom. The molecule has 1 aliphatic carbocycles. The van der Waals surface area contributed by atoms with E-state index in [2.05, 4.69) is 24.3 Å². The Kier molecular flexibility index (Phi) is 9.37. The number of carbonyl (C=O) groups excluding carboxylic acids is 2. The van der Waals surface area contributed by atoms with Crippen LogP contribution in [0.5, 0.6) is 5.75 Å². The van der Waals surface area contributed by atoms with Gasteiger partial charge in [0.05, 0.1) is 0 Å². The lowest BCUT2D eigenvalue weighted by Gasteiger charge is -2.46. The number of piperidine rings is 1. The minimum atomic E-state index is -0.565. The van der Waals surface area contributed by atoms with E-state index in [1.165, 1.54) is 12.1 Å². The highest BCUT2D eigenvalue weighted by Gasteiger charge is 2.50. The summed E-state index contributed by atoms with van der Waals surface area (Å²) in [6, 6.07) is 11.6. The number of Topliss-reactive ketones (excluding diaryl/α,β-unsaturated/α-hetero) is 2. The van der Waals surface area contributed by atoms with Gasteiger partial charge in [-0.15, -0.1) is 0 Å². The SMILES string of the molecule is Cc1c(F)cccc1[C@H]1CCC(CCCCN(C)C)(C(=O)[C@H]2CCCNC2)C[C@H]1C(=O)c1cccc(O)c1. The number of nitrogens with zero attached hydrogens (tertiary/aromatic N) is 1. The summed E-state index contributed by atoms with van der Waals surface area (Å²) in [6.07, 6.45) is 6.44. The number of rotatable bonds is 10. The van der Waals surface area contributed by atoms with E-state index in [4.69, 9.17) is 0 Å². The zero-order valence-electron chi connectivity index (χ0n) is 23.1. The topological polar surface area (TPSA) is 69.6 Å². The van der Waals surface area contributed by atoms with Crippen molar-refractivity contribution in [1.29, 1.82) is 0 Å². The molecule has 0 amide bonds. The first-order valence-electron chi connectivity index (χ1n) is 14.2. The minimum Gasteiger partial charge on any atom is -0.508 e. The van der Waals surface area contributed by atoms with Gasteiger partial charge in [0, 0.05) is 29.4 Å². The van der Waals surface area contributed by atoms with Gasteiger partial charge in [-0.05, 0) is 114 Å². The summed E-state index contributed by atoms with van der Waals surface area (Å²) < 4.78 is 14.6. The van der Waals surface area contributed by atoms with Crippen molar-refractivity contribution in [1.82, 2.24) is 10.2 Å². The Bertz CT molecular complexity index is 1130. The second kappa shape index (κ2) is 12.5. The zero-order valence-corrected chi connectivity index (χ0v) is 23.1. The van der Waals surface area contributed by atoms with Crippen molar-refractivity contribution >= 4 is 11.6 Å². The predicted molar refractivity (Wildman–Crippen MR) is 149 cm³/mol. The Morgan fingerprint density at radius 1 is 1.13 bits per heavy atom. The third-order valence-corrected chi connectivity index (χ3v) is 8.91. The molecule has 2 aromatic carbocycles. The molecule has 2 N–H and O–H groups in total. The van der Waals surface area contributed by atoms with Gasteiger partial charge in [-0.25, -0.2) is 4.39 Å². The number of aromatic hydroxyl groups is 1. The van der Waals surface area contributed by atoms with Gasteiger partial charge >= 0.3 is 0 Å². The average Bonchev–Trinajstić information content (AvgIpc) is 2.92. The predicted octanol–water partition coefficient (Wildman–Crippen LogP) is 5.89. The highest BCUT2D eigenvalue weighted by molar-refractivity contribution is 5.99. The lowest BCUT2D eigenvalue weighted by Crippen LogP contribution is -2.47. The molecule has 2 aromatic rings. The Balaban J connectivity index is 1.71. The van der Waals surface area contributed by atoms with Crippen LogP contribution in [0, 0.1) is 30.0 Å². The molecule has 0 aromatic heterocycles. The lowest BCUT2D eigenvalue weighted by atomic mass is 9.57. The number of unbranched alkanes of at least 4 members (excludes halogenated alkanes) is 1. The molecule has 1 saturated heterocycles. The number of nitrogens with one attached hydrogen (secondary N) is 1. The largest absolute Gasteiger partial charge is 0.508 e. The molecular formula is C32H43FN2O3. The molecule has 1 heterocycles. The van der Waals surface area contributed by atoms with Crippen LogP contribution in [0.2, 0.25) is 0 Å². The van der Waals surface area contributed by atoms with Gasteiger partial charge in [0.2, 0.25) is 0 Å². The molecule has 206 valence electrons. The quantitative estimate of drug-likeness (QED) is 0.301. The van der Waals surface area contributed by atoms with Crippen LogP contribution < -0.4 is 5.32 Å². The van der Waals surface area contributed by atoms with E-state index < -0.39 is 11.3 Å². The van der Waals surface area contributed by atoms with E-state index in [-0.39, 0.29) is 29.2 Å². The average molecular weight is 523 g/mol. The van der Waals surface area contributed by atoms with Gasteiger partial charge in [0.25, 0.3) is 0 Å². The molecule has 2 aliphatic rings. The molecule has 5 nitrogen and oxygen atoms in total. The Labute approximate surface area is 226 Å². The molecule has 0 bridgehead atoms. The summed E-state index contributed by atoms with van der Waals surface area (Å²) in [7, 11) is 4.12. The van der Waals surface area contributed by atoms with Crippen LogP contribution >= 0.6 is 0 Å². The third kappa shape index (κ3) is 6.35. The fourth-order valence-corrected chi connectivity index (χ4v) is 6.82. The third-order valence-electron chi connectivity index (χ3n) is 8.91. The number of hydrogen-bond acceptors (Lipinski definition) is 5. The fraction of sp³-hybridized carbons (Fsp3) is 0.562. The summed E-state index contributed by atoms with van der Waals surface area (Å²) in [5.41, 5.74) is 1.32. The van der Waals surface area contributed by atoms with E-state index in [9.17, 15) is 19.1 Å². The monoisotopic (exact) mass is 522 g/mol. The van der Waals surface area contributed by atoms with Gasteiger partial charge in [-0.3, -0.25) is 9.59 Å². The number of carbonyl (C=O) groups is 2. The maximum atomic E-state index is 14.6. The number of phenolic OH excluding ortho intramolecular Hbond substituents is 1. The summed E-state index contributed by atoms with van der Waals surface area (Å²) in [5.74, 6) is -0.644. The number of phenols is 1. The van der Waals surface area contributed by atoms with Crippen LogP contribution in [0.4, 0.5) is 4.39 Å². The van der Waals surface area contributed by atoms with Crippen LogP contribution in [0.1, 0.15) is 78.8 Å². The summed E-state index contributed by atoms with van der Waals surface area (Å²) in [5, 5.41) is 13.5. The first-order valence-corrected chi connectivity index (χ1v) is 14.2. The van der Waals surface area contributed by atoms with Crippen LogP contribution in [-0.4, -0.2) is 55.3 Å². The van der Waals surface area contributed by atoms with Crippen molar-refractivity contribution in [3.63, 3.8) is 0 Å². The smallest absolute Gasteiger partial charge is 0.166 e. The maximum Gasteiger partial charge on any atom is 0.166 e. The molecule has 2 fully saturated rings. The van der Waals surface area contributed by atoms with Crippen molar-refractivity contribution in [3.8, 4) is 5.75 Å². The van der Waals surface area contributed by atoms with Gasteiger partial charge in [-0.1, -0.05) is 30.7 Å². The van der Waals surface area contributed by atoms with Crippen LogP contribution in [0.3, 0.4) is 0 Å². The van der Waals surface area contributed by atoms with E-state index >= 15 is 0 Å². The molecule has 38 heavy (non-hydrogen) atoms.